The van der Waals surface area contributed by atoms with E-state index in [1.807, 2.05) is 6.07 Å². The van der Waals surface area contributed by atoms with E-state index in [1.54, 1.807) is 14.2 Å². The van der Waals surface area contributed by atoms with Crippen molar-refractivity contribution < 1.29 is 9.47 Å². The molecule has 1 aromatic rings. The Morgan fingerprint density at radius 3 is 2.58 bits per heavy atom. The molecule has 19 heavy (non-hydrogen) atoms. The summed E-state index contributed by atoms with van der Waals surface area (Å²) in [6.45, 7) is 7.61. The van der Waals surface area contributed by atoms with Crippen LogP contribution in [0.15, 0.2) is 18.2 Å². The molecule has 1 aliphatic heterocycles. The number of anilines is 1. The molecular weight excluding hydrogens is 240 g/mol. The maximum absolute atomic E-state index is 5.37. The predicted octanol–water partition coefficient (Wildman–Crippen LogP) is 2.14. The van der Waals surface area contributed by atoms with Crippen LogP contribution in [-0.4, -0.2) is 39.9 Å². The van der Waals surface area contributed by atoms with E-state index in [9.17, 15) is 0 Å². The fourth-order valence-corrected chi connectivity index (χ4v) is 2.48. The largest absolute Gasteiger partial charge is 0.493 e. The average molecular weight is 264 g/mol. The molecule has 1 aliphatic rings. The van der Waals surface area contributed by atoms with Crippen LogP contribution >= 0.6 is 0 Å². The van der Waals surface area contributed by atoms with Gasteiger partial charge >= 0.3 is 0 Å². The Hall–Kier alpha value is -1.42. The maximum atomic E-state index is 5.37. The quantitative estimate of drug-likeness (QED) is 0.903. The Morgan fingerprint density at radius 2 is 1.95 bits per heavy atom. The molecule has 4 heteroatoms. The Bertz CT molecular complexity index is 421. The molecule has 0 bridgehead atoms. The topological polar surface area (TPSA) is 33.7 Å². The zero-order chi connectivity index (χ0) is 13.8. The van der Waals surface area contributed by atoms with Crippen molar-refractivity contribution in [3.05, 3.63) is 18.2 Å². The van der Waals surface area contributed by atoms with Crippen LogP contribution in [0.3, 0.4) is 0 Å². The van der Waals surface area contributed by atoms with Crippen LogP contribution in [-0.2, 0) is 0 Å². The third-order valence-corrected chi connectivity index (χ3v) is 3.74. The lowest BCUT2D eigenvalue weighted by molar-refractivity contribution is 0.353. The van der Waals surface area contributed by atoms with Crippen molar-refractivity contribution in [2.24, 2.45) is 5.92 Å². The van der Waals surface area contributed by atoms with Gasteiger partial charge in [-0.25, -0.2) is 0 Å². The summed E-state index contributed by atoms with van der Waals surface area (Å²) in [6.07, 6.45) is 0. The minimum absolute atomic E-state index is 0.543. The predicted molar refractivity (Wildman–Crippen MR) is 78.4 cm³/mol. The van der Waals surface area contributed by atoms with E-state index in [4.69, 9.17) is 9.47 Å². The molecule has 0 amide bonds. The van der Waals surface area contributed by atoms with Crippen LogP contribution in [0.4, 0.5) is 5.69 Å². The van der Waals surface area contributed by atoms with E-state index in [0.717, 1.165) is 31.1 Å². The Morgan fingerprint density at radius 1 is 1.21 bits per heavy atom. The van der Waals surface area contributed by atoms with E-state index in [2.05, 4.69) is 36.2 Å². The summed E-state index contributed by atoms with van der Waals surface area (Å²) >= 11 is 0. The number of nitrogens with zero attached hydrogens (tertiary/aromatic N) is 1. The van der Waals surface area contributed by atoms with Gasteiger partial charge in [0.1, 0.15) is 0 Å². The zero-order valence-corrected chi connectivity index (χ0v) is 12.3. The second kappa shape index (κ2) is 6.15. The van der Waals surface area contributed by atoms with Crippen LogP contribution in [0.1, 0.15) is 13.8 Å². The van der Waals surface area contributed by atoms with E-state index < -0.39 is 0 Å². The van der Waals surface area contributed by atoms with Crippen molar-refractivity contribution in [3.8, 4) is 11.5 Å². The number of benzene rings is 1. The van der Waals surface area contributed by atoms with Crippen molar-refractivity contribution in [3.63, 3.8) is 0 Å². The summed E-state index contributed by atoms with van der Waals surface area (Å²) in [5, 5.41) is 3.57. The van der Waals surface area contributed by atoms with Gasteiger partial charge in [0.25, 0.3) is 0 Å². The SMILES string of the molecule is COc1ccc(N2CCN[C@H](C(C)C)C2)cc1OC. The maximum Gasteiger partial charge on any atom is 0.162 e. The summed E-state index contributed by atoms with van der Waals surface area (Å²) in [5.74, 6) is 2.21. The van der Waals surface area contributed by atoms with Crippen LogP contribution in [0.2, 0.25) is 0 Å². The molecule has 0 unspecified atom stereocenters. The number of methoxy groups -OCH3 is 2. The van der Waals surface area contributed by atoms with Gasteiger partial charge in [0.15, 0.2) is 11.5 Å². The average Bonchev–Trinajstić information content (AvgIpc) is 2.46. The molecular formula is C15H24N2O2. The second-order valence-electron chi connectivity index (χ2n) is 5.29. The molecule has 0 saturated carbocycles. The number of rotatable bonds is 4. The fourth-order valence-electron chi connectivity index (χ4n) is 2.48. The van der Waals surface area contributed by atoms with Gasteiger partial charge in [0.05, 0.1) is 14.2 Å². The van der Waals surface area contributed by atoms with E-state index in [-0.39, 0.29) is 0 Å². The van der Waals surface area contributed by atoms with Gasteiger partial charge in [-0.05, 0) is 18.1 Å². The van der Waals surface area contributed by atoms with Gasteiger partial charge in [-0.3, -0.25) is 0 Å². The number of ether oxygens (including phenoxy) is 2. The Kier molecular flexibility index (Phi) is 4.53. The third-order valence-electron chi connectivity index (χ3n) is 3.74. The molecule has 1 aromatic carbocycles. The lowest BCUT2D eigenvalue weighted by Gasteiger charge is -2.37. The second-order valence-corrected chi connectivity index (χ2v) is 5.29. The summed E-state index contributed by atoms with van der Waals surface area (Å²) in [5.41, 5.74) is 1.20. The molecule has 1 saturated heterocycles. The molecule has 0 spiro atoms. The summed E-state index contributed by atoms with van der Waals surface area (Å²) in [4.78, 5) is 2.41. The van der Waals surface area contributed by atoms with E-state index in [0.29, 0.717) is 12.0 Å². The van der Waals surface area contributed by atoms with Gasteiger partial charge in [0, 0.05) is 37.4 Å². The number of piperazine rings is 1. The van der Waals surface area contributed by atoms with Gasteiger partial charge in [-0.2, -0.15) is 0 Å². The van der Waals surface area contributed by atoms with Crippen LogP contribution in [0, 0.1) is 5.92 Å². The molecule has 1 atom stereocenters. The summed E-state index contributed by atoms with van der Waals surface area (Å²) in [7, 11) is 3.34. The first kappa shape index (κ1) is 14.0. The summed E-state index contributed by atoms with van der Waals surface area (Å²) in [6, 6.07) is 6.67. The molecule has 0 aliphatic carbocycles. The number of hydrogen-bond acceptors (Lipinski definition) is 4. The van der Waals surface area contributed by atoms with Crippen LogP contribution in [0.5, 0.6) is 11.5 Å². The summed E-state index contributed by atoms with van der Waals surface area (Å²) < 4.78 is 10.7. The molecule has 1 fully saturated rings. The van der Waals surface area contributed by atoms with E-state index >= 15 is 0 Å². The Balaban J connectivity index is 2.17. The monoisotopic (exact) mass is 264 g/mol. The van der Waals surface area contributed by atoms with E-state index in [1.165, 1.54) is 5.69 Å². The van der Waals surface area contributed by atoms with Crippen molar-refractivity contribution in [2.75, 3.05) is 38.8 Å². The van der Waals surface area contributed by atoms with Crippen molar-refractivity contribution in [2.45, 2.75) is 19.9 Å². The zero-order valence-electron chi connectivity index (χ0n) is 12.3. The molecule has 2 rings (SSSR count). The lowest BCUT2D eigenvalue weighted by atomic mass is 10.0. The molecule has 1 N–H and O–H groups in total. The minimum Gasteiger partial charge on any atom is -0.493 e. The standard InChI is InChI=1S/C15H24N2O2/c1-11(2)13-10-17(8-7-16-13)12-5-6-14(18-3)15(9-12)19-4/h5-6,9,11,13,16H,7-8,10H2,1-4H3/t13-/m0/s1. The molecule has 1 heterocycles. The highest BCUT2D eigenvalue weighted by Crippen LogP contribution is 2.32. The Labute approximate surface area is 115 Å². The van der Waals surface area contributed by atoms with Crippen LogP contribution in [0.25, 0.3) is 0 Å². The minimum atomic E-state index is 0.543. The highest BCUT2D eigenvalue weighted by atomic mass is 16.5. The molecule has 4 nitrogen and oxygen atoms in total. The van der Waals surface area contributed by atoms with Crippen molar-refractivity contribution in [1.82, 2.24) is 5.32 Å². The normalized spacial score (nSPS) is 19.6. The first-order chi connectivity index (χ1) is 9.15. The van der Waals surface area contributed by atoms with Gasteiger partial charge in [0.2, 0.25) is 0 Å². The highest BCUT2D eigenvalue weighted by Gasteiger charge is 2.22. The first-order valence-corrected chi connectivity index (χ1v) is 6.86. The lowest BCUT2D eigenvalue weighted by Crippen LogP contribution is -2.52. The molecule has 0 aromatic heterocycles. The number of hydrogen-bond donors (Lipinski definition) is 1. The van der Waals surface area contributed by atoms with Gasteiger partial charge in [-0.1, -0.05) is 13.8 Å². The van der Waals surface area contributed by atoms with Crippen molar-refractivity contribution >= 4 is 5.69 Å². The smallest absolute Gasteiger partial charge is 0.162 e. The fraction of sp³-hybridized carbons (Fsp3) is 0.600. The van der Waals surface area contributed by atoms with Crippen LogP contribution < -0.4 is 19.7 Å². The van der Waals surface area contributed by atoms with Gasteiger partial charge < -0.3 is 19.7 Å². The third kappa shape index (κ3) is 3.13. The van der Waals surface area contributed by atoms with Gasteiger partial charge in [-0.15, -0.1) is 0 Å². The number of nitrogens with one attached hydrogen (secondary N) is 1. The highest BCUT2D eigenvalue weighted by molar-refractivity contribution is 5.56. The molecule has 0 radical (unpaired) electrons. The van der Waals surface area contributed by atoms with Crippen molar-refractivity contribution in [1.29, 1.82) is 0 Å². The molecule has 106 valence electrons. The first-order valence-electron chi connectivity index (χ1n) is 6.86.